The molecule has 9 heteroatoms. The van der Waals surface area contributed by atoms with Crippen molar-refractivity contribution < 1.29 is 14.2 Å². The maximum atomic E-state index is 15.5. The number of anilines is 1. The molecule has 1 aliphatic carbocycles. The second-order valence-corrected chi connectivity index (χ2v) is 11.0. The van der Waals surface area contributed by atoms with Crippen molar-refractivity contribution in [2.45, 2.75) is 49.9 Å². The molecule has 0 radical (unpaired) electrons. The molecule has 2 aromatic carbocycles. The smallest absolute Gasteiger partial charge is 0.146 e. The number of nitrogens with zero attached hydrogens (tertiary/aromatic N) is 5. The quantitative estimate of drug-likeness (QED) is 0.373. The van der Waals surface area contributed by atoms with Crippen molar-refractivity contribution in [3.05, 3.63) is 66.9 Å². The maximum absolute atomic E-state index is 15.5. The van der Waals surface area contributed by atoms with E-state index in [0.717, 1.165) is 44.4 Å². The fraction of sp³-hybridized carbons (Fsp3) is 0.400. The van der Waals surface area contributed by atoms with E-state index in [-0.39, 0.29) is 18.2 Å². The number of hydrogen-bond donors (Lipinski definition) is 2. The van der Waals surface area contributed by atoms with Gasteiger partial charge in [0.05, 0.1) is 11.5 Å². The van der Waals surface area contributed by atoms with Crippen molar-refractivity contribution in [3.8, 4) is 22.6 Å². The minimum atomic E-state index is -0.391. The van der Waals surface area contributed by atoms with Crippen LogP contribution < -0.4 is 10.5 Å². The van der Waals surface area contributed by atoms with Crippen LogP contribution in [0.15, 0.2) is 61.1 Å². The standard InChI is InChI=1S/C30H35FN6O2/c1-35(2)26-16-36(17-27(26)38)19-8-10-20(11-9-19)37-15-24(28-29(32)33-18-34-30(28)37)23-13-12-22(14-25(23)31)39-21-6-4-3-5-7-21/h3-7,12-15,18-20,26-27,38H,8-11,16-17H2,1-2H3,(H2,32,33,34)/t19-,20+,26-,27-/m1/s1. The summed E-state index contributed by atoms with van der Waals surface area (Å²) in [5.41, 5.74) is 8.18. The minimum Gasteiger partial charge on any atom is -0.457 e. The molecule has 39 heavy (non-hydrogen) atoms. The largest absolute Gasteiger partial charge is 0.457 e. The molecule has 2 fully saturated rings. The van der Waals surface area contributed by atoms with Crippen molar-refractivity contribution in [1.29, 1.82) is 0 Å². The Morgan fingerprint density at radius 2 is 1.69 bits per heavy atom. The summed E-state index contributed by atoms with van der Waals surface area (Å²) in [5, 5.41) is 11.2. The third-order valence-corrected chi connectivity index (χ3v) is 8.37. The van der Waals surface area contributed by atoms with Crippen LogP contribution in [0, 0.1) is 5.82 Å². The number of halogens is 1. The van der Waals surface area contributed by atoms with E-state index < -0.39 is 5.82 Å². The molecule has 1 saturated carbocycles. The van der Waals surface area contributed by atoms with Gasteiger partial charge in [-0.05, 0) is 64.0 Å². The summed E-state index contributed by atoms with van der Waals surface area (Å²) in [6.45, 7) is 1.62. The first-order chi connectivity index (χ1) is 18.9. The fourth-order valence-electron chi connectivity index (χ4n) is 6.30. The van der Waals surface area contributed by atoms with Crippen LogP contribution in [0.25, 0.3) is 22.2 Å². The molecule has 8 nitrogen and oxygen atoms in total. The Balaban J connectivity index is 1.25. The molecular formula is C30H35FN6O2. The fourth-order valence-corrected chi connectivity index (χ4v) is 6.30. The Labute approximate surface area is 227 Å². The summed E-state index contributed by atoms with van der Waals surface area (Å²) < 4.78 is 23.5. The lowest BCUT2D eigenvalue weighted by Gasteiger charge is -2.35. The number of aromatic nitrogens is 3. The van der Waals surface area contributed by atoms with E-state index >= 15 is 4.39 Å². The first-order valence-corrected chi connectivity index (χ1v) is 13.6. The molecule has 1 saturated heterocycles. The second kappa shape index (κ2) is 10.6. The number of benzene rings is 2. The molecule has 0 bridgehead atoms. The van der Waals surface area contributed by atoms with Crippen LogP contribution in [-0.2, 0) is 0 Å². The molecule has 4 aromatic rings. The van der Waals surface area contributed by atoms with Gasteiger partial charge in [0.15, 0.2) is 0 Å². The number of aliphatic hydroxyl groups is 1. The first-order valence-electron chi connectivity index (χ1n) is 13.6. The Hall–Kier alpha value is -3.53. The maximum Gasteiger partial charge on any atom is 0.146 e. The molecule has 6 rings (SSSR count). The van der Waals surface area contributed by atoms with Crippen LogP contribution in [0.4, 0.5) is 10.2 Å². The molecule has 3 N–H and O–H groups in total. The first kappa shape index (κ1) is 25.7. The van der Waals surface area contributed by atoms with E-state index in [2.05, 4.69) is 24.3 Å². The number of nitrogen functional groups attached to an aromatic ring is 1. The van der Waals surface area contributed by atoms with Crippen LogP contribution >= 0.6 is 0 Å². The van der Waals surface area contributed by atoms with Crippen molar-refractivity contribution in [2.75, 3.05) is 32.9 Å². The zero-order valence-corrected chi connectivity index (χ0v) is 22.4. The van der Waals surface area contributed by atoms with E-state index in [1.54, 1.807) is 12.1 Å². The van der Waals surface area contributed by atoms with E-state index in [4.69, 9.17) is 10.5 Å². The third-order valence-electron chi connectivity index (χ3n) is 8.37. The highest BCUT2D eigenvalue weighted by Gasteiger charge is 2.38. The lowest BCUT2D eigenvalue weighted by molar-refractivity contribution is 0.108. The summed E-state index contributed by atoms with van der Waals surface area (Å²) in [5.74, 6) is 1.03. The number of para-hydroxylation sites is 1. The average Bonchev–Trinajstić information content (AvgIpc) is 3.51. The van der Waals surface area contributed by atoms with Crippen molar-refractivity contribution in [2.24, 2.45) is 0 Å². The molecule has 0 spiro atoms. The Kier molecular flexibility index (Phi) is 6.97. The number of aliphatic hydroxyl groups excluding tert-OH is 1. The summed E-state index contributed by atoms with van der Waals surface area (Å²) in [6, 6.07) is 15.1. The highest BCUT2D eigenvalue weighted by atomic mass is 19.1. The molecule has 2 aromatic heterocycles. The van der Waals surface area contributed by atoms with Gasteiger partial charge in [-0.15, -0.1) is 0 Å². The van der Waals surface area contributed by atoms with Gasteiger partial charge in [-0.1, -0.05) is 18.2 Å². The van der Waals surface area contributed by atoms with Crippen molar-refractivity contribution in [1.82, 2.24) is 24.3 Å². The lowest BCUT2D eigenvalue weighted by atomic mass is 9.90. The number of likely N-dealkylation sites (tertiary alicyclic amines) is 1. The monoisotopic (exact) mass is 530 g/mol. The Morgan fingerprint density at radius 3 is 2.38 bits per heavy atom. The zero-order chi connectivity index (χ0) is 27.1. The Morgan fingerprint density at radius 1 is 0.949 bits per heavy atom. The van der Waals surface area contributed by atoms with Crippen LogP contribution in [0.1, 0.15) is 31.7 Å². The number of ether oxygens (including phenoxy) is 1. The van der Waals surface area contributed by atoms with Gasteiger partial charge in [0.2, 0.25) is 0 Å². The predicted octanol–water partition coefficient (Wildman–Crippen LogP) is 4.70. The number of rotatable bonds is 6. The molecule has 3 heterocycles. The number of β-amino-alcohol motifs (C(OH)–C–C–N with tert-alkyl or cyclic N) is 1. The summed E-state index contributed by atoms with van der Waals surface area (Å²) in [6.07, 6.45) is 7.17. The zero-order valence-electron chi connectivity index (χ0n) is 22.4. The van der Waals surface area contributed by atoms with Crippen molar-refractivity contribution >= 4 is 16.9 Å². The van der Waals surface area contributed by atoms with Crippen LogP contribution in [-0.4, -0.2) is 74.8 Å². The van der Waals surface area contributed by atoms with Gasteiger partial charge < -0.3 is 25.0 Å². The van der Waals surface area contributed by atoms with Gasteiger partial charge in [0.1, 0.15) is 35.1 Å². The average molecular weight is 531 g/mol. The topological polar surface area (TPSA) is 92.7 Å². The normalized spacial score (nSPS) is 24.0. The summed E-state index contributed by atoms with van der Waals surface area (Å²) >= 11 is 0. The molecule has 0 amide bonds. The molecule has 0 unspecified atom stereocenters. The molecular weight excluding hydrogens is 495 g/mol. The van der Waals surface area contributed by atoms with Gasteiger partial charge in [0, 0.05) is 54.6 Å². The number of hydrogen-bond acceptors (Lipinski definition) is 7. The van der Waals surface area contributed by atoms with Gasteiger partial charge in [0.25, 0.3) is 0 Å². The SMILES string of the molecule is CN(C)[C@@H]1CN([C@H]2CC[C@@H](n3cc(-c4ccc(Oc5ccccc5)cc4F)c4c(N)ncnc43)CC2)C[C@H]1O. The summed E-state index contributed by atoms with van der Waals surface area (Å²) in [4.78, 5) is 13.4. The molecule has 1 aliphatic heterocycles. The van der Waals surface area contributed by atoms with Gasteiger partial charge in [-0.25, -0.2) is 14.4 Å². The van der Waals surface area contributed by atoms with E-state index in [0.29, 0.717) is 39.9 Å². The van der Waals surface area contributed by atoms with Crippen molar-refractivity contribution in [3.63, 3.8) is 0 Å². The highest BCUT2D eigenvalue weighted by molar-refractivity contribution is 6.00. The number of fused-ring (bicyclic) bond motifs is 1. The van der Waals surface area contributed by atoms with E-state index in [1.165, 1.54) is 12.4 Å². The van der Waals surface area contributed by atoms with Crippen LogP contribution in [0.2, 0.25) is 0 Å². The second-order valence-electron chi connectivity index (χ2n) is 11.0. The molecule has 2 atom stereocenters. The third kappa shape index (κ3) is 4.97. The number of likely N-dealkylation sites (N-methyl/N-ethyl adjacent to an activating group) is 1. The predicted molar refractivity (Wildman–Crippen MR) is 150 cm³/mol. The van der Waals surface area contributed by atoms with Crippen LogP contribution in [0.3, 0.4) is 0 Å². The lowest BCUT2D eigenvalue weighted by Crippen LogP contribution is -2.40. The van der Waals surface area contributed by atoms with Gasteiger partial charge in [-0.3, -0.25) is 4.90 Å². The van der Waals surface area contributed by atoms with Gasteiger partial charge in [-0.2, -0.15) is 0 Å². The van der Waals surface area contributed by atoms with E-state index in [9.17, 15) is 5.11 Å². The van der Waals surface area contributed by atoms with Gasteiger partial charge >= 0.3 is 0 Å². The summed E-state index contributed by atoms with van der Waals surface area (Å²) in [7, 11) is 4.06. The van der Waals surface area contributed by atoms with E-state index in [1.807, 2.05) is 50.6 Å². The molecule has 2 aliphatic rings. The minimum absolute atomic E-state index is 0.178. The Bertz CT molecular complexity index is 1450. The molecule has 204 valence electrons. The van der Waals surface area contributed by atoms with Crippen LogP contribution in [0.5, 0.6) is 11.5 Å². The number of nitrogens with two attached hydrogens (primary N) is 1. The highest BCUT2D eigenvalue weighted by Crippen LogP contribution is 2.40.